The third-order valence-corrected chi connectivity index (χ3v) is 4.47. The first-order valence-corrected chi connectivity index (χ1v) is 9.17. The first kappa shape index (κ1) is 20.6. The number of aliphatic carboxylic acids is 1. The lowest BCUT2D eigenvalue weighted by molar-refractivity contribution is -0.132. The Kier molecular flexibility index (Phi) is 7.06. The molecule has 0 heterocycles. The van der Waals surface area contributed by atoms with Crippen LogP contribution in [0.1, 0.15) is 44.7 Å². The molecule has 2 radical (unpaired) electrons. The van der Waals surface area contributed by atoms with Gasteiger partial charge in [0.1, 0.15) is 7.85 Å². The van der Waals surface area contributed by atoms with Gasteiger partial charge in [-0.05, 0) is 74.4 Å². The second-order valence-electron chi connectivity index (χ2n) is 6.60. The molecular weight excluding hydrogens is 333 g/mol. The van der Waals surface area contributed by atoms with Crippen molar-refractivity contribution in [3.8, 4) is 0 Å². The highest BCUT2D eigenvalue weighted by atomic mass is 16.4. The van der Waals surface area contributed by atoms with Crippen molar-refractivity contribution >= 4 is 37.1 Å². The van der Waals surface area contributed by atoms with E-state index in [-0.39, 0.29) is 5.57 Å². The normalized spacial score (nSPS) is 15.5. The fourth-order valence-electron chi connectivity index (χ4n) is 2.99. The maximum absolute atomic E-state index is 11.8. The van der Waals surface area contributed by atoms with E-state index in [4.69, 9.17) is 7.85 Å². The summed E-state index contributed by atoms with van der Waals surface area (Å²) in [6.07, 6.45) is 13.7. The van der Waals surface area contributed by atoms with Gasteiger partial charge in [0.25, 0.3) is 0 Å². The second kappa shape index (κ2) is 9.27. The van der Waals surface area contributed by atoms with Crippen LogP contribution in [0, 0.1) is 5.92 Å². The SMILES string of the molecule is [B]c1cc(NC(=C)/C(=C\C(=C/C)C2CC2)C(=O)O)cc(/C=C\C)c1/C=C\C. The molecule has 138 valence electrons. The zero-order chi connectivity index (χ0) is 20.0. The molecule has 1 fully saturated rings. The lowest BCUT2D eigenvalue weighted by Crippen LogP contribution is -2.14. The quantitative estimate of drug-likeness (QED) is 0.397. The van der Waals surface area contributed by atoms with Crippen molar-refractivity contribution in [2.45, 2.75) is 33.6 Å². The monoisotopic (exact) mass is 359 g/mol. The van der Waals surface area contributed by atoms with Crippen molar-refractivity contribution in [1.29, 1.82) is 0 Å². The van der Waals surface area contributed by atoms with Crippen LogP contribution in [-0.4, -0.2) is 18.9 Å². The van der Waals surface area contributed by atoms with Crippen molar-refractivity contribution in [3.05, 3.63) is 71.0 Å². The average Bonchev–Trinajstić information content (AvgIpc) is 3.43. The van der Waals surface area contributed by atoms with Gasteiger partial charge in [-0.15, -0.1) is 0 Å². The number of carboxylic acid groups (broad SMARTS) is 1. The van der Waals surface area contributed by atoms with E-state index in [1.807, 2.05) is 57.2 Å². The zero-order valence-electron chi connectivity index (χ0n) is 16.3. The minimum absolute atomic E-state index is 0.165. The summed E-state index contributed by atoms with van der Waals surface area (Å²) in [6.45, 7) is 9.76. The number of hydrogen-bond acceptors (Lipinski definition) is 2. The van der Waals surface area contributed by atoms with Crippen molar-refractivity contribution < 1.29 is 9.90 Å². The summed E-state index contributed by atoms with van der Waals surface area (Å²) < 4.78 is 0. The molecule has 0 amide bonds. The van der Waals surface area contributed by atoms with E-state index in [1.165, 1.54) is 0 Å². The van der Waals surface area contributed by atoms with Crippen LogP contribution in [0.3, 0.4) is 0 Å². The largest absolute Gasteiger partial charge is 0.478 e. The van der Waals surface area contributed by atoms with E-state index in [1.54, 1.807) is 12.1 Å². The van der Waals surface area contributed by atoms with E-state index in [0.717, 1.165) is 29.5 Å². The molecule has 0 spiro atoms. The van der Waals surface area contributed by atoms with Gasteiger partial charge in [-0.1, -0.05) is 42.4 Å². The van der Waals surface area contributed by atoms with Crippen LogP contribution >= 0.6 is 0 Å². The summed E-state index contributed by atoms with van der Waals surface area (Å²) >= 11 is 0. The van der Waals surface area contributed by atoms with E-state index in [9.17, 15) is 9.90 Å². The summed E-state index contributed by atoms with van der Waals surface area (Å²) in [4.78, 5) is 11.8. The Morgan fingerprint density at radius 1 is 1.22 bits per heavy atom. The van der Waals surface area contributed by atoms with Gasteiger partial charge in [-0.25, -0.2) is 4.79 Å². The van der Waals surface area contributed by atoms with Gasteiger partial charge >= 0.3 is 5.97 Å². The average molecular weight is 359 g/mol. The molecule has 4 heteroatoms. The number of nitrogens with one attached hydrogen (secondary N) is 1. The zero-order valence-corrected chi connectivity index (χ0v) is 16.3. The minimum Gasteiger partial charge on any atom is -0.478 e. The van der Waals surface area contributed by atoms with Crippen molar-refractivity contribution in [2.24, 2.45) is 5.92 Å². The minimum atomic E-state index is -1.00. The molecule has 0 unspecified atom stereocenters. The number of carbonyl (C=O) groups is 1. The fourth-order valence-corrected chi connectivity index (χ4v) is 2.99. The van der Waals surface area contributed by atoms with Crippen LogP contribution in [0.5, 0.6) is 0 Å². The highest BCUT2D eigenvalue weighted by Crippen LogP contribution is 2.38. The van der Waals surface area contributed by atoms with Crippen molar-refractivity contribution in [2.75, 3.05) is 5.32 Å². The number of benzene rings is 1. The Hall–Kier alpha value is -2.75. The summed E-state index contributed by atoms with van der Waals surface area (Å²) in [5.74, 6) is -0.533. The molecule has 0 saturated heterocycles. The third-order valence-electron chi connectivity index (χ3n) is 4.47. The molecule has 0 bridgehead atoms. The molecule has 0 atom stereocenters. The van der Waals surface area contributed by atoms with Crippen molar-refractivity contribution in [3.63, 3.8) is 0 Å². The summed E-state index contributed by atoms with van der Waals surface area (Å²) in [5, 5.41) is 12.7. The number of anilines is 1. The van der Waals surface area contributed by atoms with E-state index < -0.39 is 5.97 Å². The molecule has 1 aliphatic rings. The molecule has 1 aromatic carbocycles. The molecule has 0 aliphatic heterocycles. The molecule has 3 nitrogen and oxygen atoms in total. The van der Waals surface area contributed by atoms with Gasteiger partial charge in [0, 0.05) is 11.4 Å². The van der Waals surface area contributed by atoms with Gasteiger partial charge in [-0.2, -0.15) is 0 Å². The van der Waals surface area contributed by atoms with E-state index in [0.29, 0.717) is 22.8 Å². The summed E-state index contributed by atoms with van der Waals surface area (Å²) in [7, 11) is 6.21. The maximum Gasteiger partial charge on any atom is 0.337 e. The lowest BCUT2D eigenvalue weighted by atomic mass is 9.86. The van der Waals surface area contributed by atoms with Crippen LogP contribution in [0.2, 0.25) is 0 Å². The predicted molar refractivity (Wildman–Crippen MR) is 116 cm³/mol. The molecular formula is C23H26BNO2. The Labute approximate surface area is 163 Å². The van der Waals surface area contributed by atoms with Crippen LogP contribution in [0.15, 0.2) is 59.9 Å². The van der Waals surface area contributed by atoms with Gasteiger partial charge in [0.05, 0.1) is 5.57 Å². The second-order valence-corrected chi connectivity index (χ2v) is 6.60. The maximum atomic E-state index is 11.8. The van der Waals surface area contributed by atoms with Crippen LogP contribution in [0.4, 0.5) is 5.69 Å². The number of carboxylic acids is 1. The molecule has 2 rings (SSSR count). The standard InChI is InChI=1S/C23H26BNO2/c1-5-8-18-12-19(14-22(24)20(18)9-6-2)25-15(4)21(23(26)27)13-16(7-3)17-10-11-17/h5-9,12-14,17,25H,4,10-11H2,1-3H3,(H,26,27)/b8-5-,9-6-,16-7+,21-13+. The molecule has 27 heavy (non-hydrogen) atoms. The highest BCUT2D eigenvalue weighted by molar-refractivity contribution is 6.35. The number of hydrogen-bond donors (Lipinski definition) is 2. The molecule has 1 saturated carbocycles. The fraction of sp³-hybridized carbons (Fsp3) is 0.261. The van der Waals surface area contributed by atoms with Gasteiger partial charge in [0.2, 0.25) is 0 Å². The Balaban J connectivity index is 2.35. The Bertz CT molecular complexity index is 855. The molecule has 2 N–H and O–H groups in total. The first-order valence-electron chi connectivity index (χ1n) is 9.17. The van der Waals surface area contributed by atoms with Crippen LogP contribution in [0.25, 0.3) is 12.2 Å². The molecule has 1 aromatic rings. The number of rotatable bonds is 8. The Morgan fingerprint density at radius 3 is 2.41 bits per heavy atom. The summed E-state index contributed by atoms with van der Waals surface area (Å²) in [6, 6.07) is 3.73. The van der Waals surface area contributed by atoms with Gasteiger partial charge in [-0.3, -0.25) is 0 Å². The third kappa shape index (κ3) is 5.36. The van der Waals surface area contributed by atoms with Crippen LogP contribution < -0.4 is 10.8 Å². The highest BCUT2D eigenvalue weighted by Gasteiger charge is 2.25. The lowest BCUT2D eigenvalue weighted by Gasteiger charge is -2.15. The first-order chi connectivity index (χ1) is 12.9. The topological polar surface area (TPSA) is 49.3 Å². The van der Waals surface area contributed by atoms with Gasteiger partial charge in [0.15, 0.2) is 0 Å². The van der Waals surface area contributed by atoms with E-state index in [2.05, 4.69) is 11.9 Å². The van der Waals surface area contributed by atoms with Gasteiger partial charge < -0.3 is 10.4 Å². The smallest absolute Gasteiger partial charge is 0.337 e. The van der Waals surface area contributed by atoms with Crippen molar-refractivity contribution in [1.82, 2.24) is 0 Å². The molecule has 0 aromatic heterocycles. The van der Waals surface area contributed by atoms with E-state index >= 15 is 0 Å². The predicted octanol–water partition coefficient (Wildman–Crippen LogP) is 4.84. The summed E-state index contributed by atoms with van der Waals surface area (Å²) in [5.41, 5.74) is 4.77. The number of allylic oxidation sites excluding steroid dienone is 5. The molecule has 1 aliphatic carbocycles. The Morgan fingerprint density at radius 2 is 1.89 bits per heavy atom. The van der Waals surface area contributed by atoms with Crippen LogP contribution in [-0.2, 0) is 4.79 Å².